The number of rotatable bonds is 4. The van der Waals surface area contributed by atoms with E-state index in [0.29, 0.717) is 10.7 Å². The lowest BCUT2D eigenvalue weighted by Crippen LogP contribution is -2.09. The Balaban J connectivity index is 2.06. The molecule has 0 unspecified atom stereocenters. The van der Waals surface area contributed by atoms with Crippen molar-refractivity contribution >= 4 is 59.2 Å². The van der Waals surface area contributed by atoms with Gasteiger partial charge in [0, 0.05) is 21.8 Å². The smallest absolute Gasteiger partial charge is 0.194 e. The van der Waals surface area contributed by atoms with Gasteiger partial charge in [-0.25, -0.2) is 0 Å². The molecule has 0 saturated heterocycles. The molecule has 0 fully saturated rings. The highest BCUT2D eigenvalue weighted by Gasteiger charge is 2.21. The van der Waals surface area contributed by atoms with Crippen molar-refractivity contribution in [2.24, 2.45) is 0 Å². The van der Waals surface area contributed by atoms with Gasteiger partial charge in [0.1, 0.15) is 0 Å². The van der Waals surface area contributed by atoms with E-state index in [-0.39, 0.29) is 5.78 Å². The Kier molecular flexibility index (Phi) is 4.92. The first-order valence-electron chi connectivity index (χ1n) is 8.42. The Bertz CT molecular complexity index is 1040. The van der Waals surface area contributed by atoms with E-state index < -0.39 is 0 Å². The van der Waals surface area contributed by atoms with Crippen molar-refractivity contribution in [1.29, 1.82) is 0 Å². The Morgan fingerprint density at radius 3 is 1.46 bits per heavy atom. The second-order valence-corrected chi connectivity index (χ2v) is 7.36. The highest BCUT2D eigenvalue weighted by Crippen LogP contribution is 2.31. The molecule has 0 aliphatic carbocycles. The van der Waals surface area contributed by atoms with Gasteiger partial charge in [-0.2, -0.15) is 0 Å². The highest BCUT2D eigenvalue weighted by atomic mass is 79.9. The molecular formula is C23H16Br2O. The molecule has 128 valence electrons. The summed E-state index contributed by atoms with van der Waals surface area (Å²) in [5.41, 5.74) is 3.61. The first-order chi connectivity index (χ1) is 12.7. The number of carbonyl (C=O) groups excluding carboxylic acids is 1. The molecule has 4 aromatic carbocycles. The molecule has 0 saturated carbocycles. The van der Waals surface area contributed by atoms with Crippen molar-refractivity contribution in [3.8, 4) is 0 Å². The maximum Gasteiger partial charge on any atom is 0.194 e. The van der Waals surface area contributed by atoms with Crippen molar-refractivity contribution in [2.75, 3.05) is 0 Å². The number of ketones is 1. The summed E-state index contributed by atoms with van der Waals surface area (Å²) < 4.78 is 0. The third kappa shape index (κ3) is 2.89. The number of fused-ring (bicyclic) bond motifs is 2. The minimum atomic E-state index is 0.0856. The Labute approximate surface area is 169 Å². The predicted molar refractivity (Wildman–Crippen MR) is 117 cm³/mol. The largest absolute Gasteiger partial charge is 0.289 e. The van der Waals surface area contributed by atoms with Crippen LogP contribution in [0.1, 0.15) is 27.0 Å². The fraction of sp³-hybridized carbons (Fsp3) is 0.0870. The molecule has 0 N–H and O–H groups in total. The van der Waals surface area contributed by atoms with E-state index in [1.807, 2.05) is 48.5 Å². The summed E-state index contributed by atoms with van der Waals surface area (Å²) in [6.45, 7) is 0. The van der Waals surface area contributed by atoms with Gasteiger partial charge in [0.2, 0.25) is 0 Å². The summed E-state index contributed by atoms with van der Waals surface area (Å²) in [7, 11) is 0. The zero-order valence-electron chi connectivity index (χ0n) is 14.0. The number of benzene rings is 4. The quantitative estimate of drug-likeness (QED) is 0.233. The maximum atomic E-state index is 13.8. The van der Waals surface area contributed by atoms with Crippen LogP contribution in [0.25, 0.3) is 21.5 Å². The van der Waals surface area contributed by atoms with Crippen molar-refractivity contribution in [3.63, 3.8) is 0 Å². The van der Waals surface area contributed by atoms with Crippen molar-refractivity contribution in [1.82, 2.24) is 0 Å². The molecule has 0 radical (unpaired) electrons. The van der Waals surface area contributed by atoms with E-state index >= 15 is 0 Å². The molecule has 4 rings (SSSR count). The van der Waals surface area contributed by atoms with Crippen LogP contribution in [0, 0.1) is 0 Å². The molecule has 0 spiro atoms. The van der Waals surface area contributed by atoms with Gasteiger partial charge in [-0.3, -0.25) is 4.79 Å². The number of hydrogen-bond acceptors (Lipinski definition) is 1. The lowest BCUT2D eigenvalue weighted by atomic mass is 9.89. The van der Waals surface area contributed by atoms with Gasteiger partial charge in [-0.05, 0) is 32.7 Å². The van der Waals surface area contributed by atoms with Crippen LogP contribution in [0.3, 0.4) is 0 Å². The number of carbonyl (C=O) groups is 1. The topological polar surface area (TPSA) is 17.1 Å². The summed E-state index contributed by atoms with van der Waals surface area (Å²) in [5, 5.41) is 5.47. The van der Waals surface area contributed by atoms with E-state index in [9.17, 15) is 4.79 Å². The first-order valence-corrected chi connectivity index (χ1v) is 10.7. The van der Waals surface area contributed by atoms with Crippen LogP contribution < -0.4 is 0 Å². The number of halogens is 2. The first kappa shape index (κ1) is 17.4. The van der Waals surface area contributed by atoms with Gasteiger partial charge in [0.15, 0.2) is 5.78 Å². The summed E-state index contributed by atoms with van der Waals surface area (Å²) in [6.07, 6.45) is 0. The van der Waals surface area contributed by atoms with E-state index in [1.54, 1.807) is 0 Å². The van der Waals surface area contributed by atoms with E-state index in [0.717, 1.165) is 43.8 Å². The van der Waals surface area contributed by atoms with Crippen molar-refractivity contribution in [3.05, 3.63) is 95.1 Å². The fourth-order valence-electron chi connectivity index (χ4n) is 3.52. The normalized spacial score (nSPS) is 11.2. The van der Waals surface area contributed by atoms with Crippen LogP contribution >= 0.6 is 31.9 Å². The molecule has 0 atom stereocenters. The van der Waals surface area contributed by atoms with Crippen LogP contribution in [0.15, 0.2) is 72.8 Å². The van der Waals surface area contributed by atoms with Crippen LogP contribution in [-0.4, -0.2) is 5.78 Å². The van der Waals surface area contributed by atoms with Gasteiger partial charge < -0.3 is 0 Å². The summed E-state index contributed by atoms with van der Waals surface area (Å²) in [4.78, 5) is 13.8. The van der Waals surface area contributed by atoms with Gasteiger partial charge >= 0.3 is 0 Å². The van der Waals surface area contributed by atoms with Crippen LogP contribution in [0.2, 0.25) is 0 Å². The Morgan fingerprint density at radius 2 is 1.04 bits per heavy atom. The lowest BCUT2D eigenvalue weighted by molar-refractivity contribution is 0.104. The zero-order valence-corrected chi connectivity index (χ0v) is 17.2. The SMILES string of the molecule is O=C(c1c(CBr)ccc2ccccc12)c1c(CBr)ccc2ccccc12. The molecule has 26 heavy (non-hydrogen) atoms. The predicted octanol–water partition coefficient (Wildman–Crippen LogP) is 7.01. The van der Waals surface area contributed by atoms with E-state index in [2.05, 4.69) is 56.1 Å². The van der Waals surface area contributed by atoms with Crippen LogP contribution in [0.5, 0.6) is 0 Å². The average molecular weight is 468 g/mol. The summed E-state index contributed by atoms with van der Waals surface area (Å²) in [6, 6.07) is 24.4. The second kappa shape index (κ2) is 7.34. The molecule has 0 aliphatic rings. The van der Waals surface area contributed by atoms with Gasteiger partial charge in [0.05, 0.1) is 0 Å². The van der Waals surface area contributed by atoms with E-state index in [4.69, 9.17) is 0 Å². The van der Waals surface area contributed by atoms with Crippen LogP contribution in [0.4, 0.5) is 0 Å². The van der Waals surface area contributed by atoms with Gasteiger partial charge in [-0.1, -0.05) is 105 Å². The third-order valence-corrected chi connectivity index (χ3v) is 5.98. The van der Waals surface area contributed by atoms with Crippen LogP contribution in [-0.2, 0) is 10.7 Å². The molecule has 0 amide bonds. The summed E-state index contributed by atoms with van der Waals surface area (Å²) in [5.74, 6) is 0.0856. The Morgan fingerprint density at radius 1 is 0.615 bits per heavy atom. The molecule has 0 aromatic heterocycles. The zero-order chi connectivity index (χ0) is 18.1. The van der Waals surface area contributed by atoms with Crippen molar-refractivity contribution in [2.45, 2.75) is 10.7 Å². The van der Waals surface area contributed by atoms with Gasteiger partial charge in [0.25, 0.3) is 0 Å². The fourth-order valence-corrected chi connectivity index (χ4v) is 4.45. The third-order valence-electron chi connectivity index (χ3n) is 4.77. The second-order valence-electron chi connectivity index (χ2n) is 6.24. The average Bonchev–Trinajstić information content (AvgIpc) is 2.71. The molecule has 0 aliphatic heterocycles. The molecule has 0 heterocycles. The lowest BCUT2D eigenvalue weighted by Gasteiger charge is -2.15. The number of hydrogen-bond donors (Lipinski definition) is 0. The molecule has 3 heteroatoms. The maximum absolute atomic E-state index is 13.8. The minimum Gasteiger partial charge on any atom is -0.289 e. The van der Waals surface area contributed by atoms with Crippen molar-refractivity contribution < 1.29 is 4.79 Å². The van der Waals surface area contributed by atoms with E-state index in [1.165, 1.54) is 0 Å². The minimum absolute atomic E-state index is 0.0856. The Hall–Kier alpha value is -1.97. The standard InChI is InChI=1S/C23H16Br2O/c24-13-17-11-9-15-5-1-3-7-19(15)21(17)23(26)22-18(14-25)12-10-16-6-2-4-8-20(16)22/h1-12H,13-14H2. The highest BCUT2D eigenvalue weighted by molar-refractivity contribution is 9.08. The molecular weight excluding hydrogens is 452 g/mol. The molecule has 0 bridgehead atoms. The summed E-state index contributed by atoms with van der Waals surface area (Å²) >= 11 is 7.12. The molecule has 1 nitrogen and oxygen atoms in total. The van der Waals surface area contributed by atoms with Gasteiger partial charge in [-0.15, -0.1) is 0 Å². The number of alkyl halides is 2. The molecule has 4 aromatic rings. The monoisotopic (exact) mass is 466 g/mol.